The van der Waals surface area contributed by atoms with Gasteiger partial charge in [-0.05, 0) is 42.4 Å². The predicted octanol–water partition coefficient (Wildman–Crippen LogP) is 3.74. The minimum Gasteiger partial charge on any atom is -0.356 e. The number of nitrogens with zero attached hydrogens (tertiary/aromatic N) is 1. The Hall–Kier alpha value is -1.06. The normalized spacial score (nSPS) is 33.6. The maximum absolute atomic E-state index is 12.7. The summed E-state index contributed by atoms with van der Waals surface area (Å²) in [6.45, 7) is 9.33. The van der Waals surface area contributed by atoms with Crippen LogP contribution in [0.5, 0.6) is 0 Å². The van der Waals surface area contributed by atoms with Gasteiger partial charge in [0.15, 0.2) is 0 Å². The van der Waals surface area contributed by atoms with E-state index in [-0.39, 0.29) is 11.3 Å². The Balaban J connectivity index is 1.60. The summed E-state index contributed by atoms with van der Waals surface area (Å²) in [6, 6.07) is 0.910. The molecule has 2 aliphatic carbocycles. The van der Waals surface area contributed by atoms with Crippen LogP contribution in [0, 0.1) is 23.2 Å². The molecule has 0 aromatic heterocycles. The highest BCUT2D eigenvalue weighted by molar-refractivity contribution is 5.80. The molecule has 1 N–H and O–H groups in total. The van der Waals surface area contributed by atoms with E-state index in [9.17, 15) is 9.59 Å². The van der Waals surface area contributed by atoms with E-state index < -0.39 is 0 Å². The Kier molecular flexibility index (Phi) is 5.45. The molecule has 1 aliphatic heterocycles. The molecule has 1 heterocycles. The van der Waals surface area contributed by atoms with Gasteiger partial charge in [0, 0.05) is 31.5 Å². The van der Waals surface area contributed by atoms with Gasteiger partial charge in [0.05, 0.1) is 0 Å². The van der Waals surface area contributed by atoms with Crippen LogP contribution in [0.1, 0.15) is 79.1 Å². The summed E-state index contributed by atoms with van der Waals surface area (Å²) in [7, 11) is 0. The molecule has 2 amide bonds. The van der Waals surface area contributed by atoms with Crippen molar-refractivity contribution in [2.75, 3.05) is 6.54 Å². The summed E-state index contributed by atoms with van der Waals surface area (Å²) >= 11 is 0. The van der Waals surface area contributed by atoms with Crippen molar-refractivity contribution < 1.29 is 9.59 Å². The Morgan fingerprint density at radius 3 is 2.52 bits per heavy atom. The first-order valence-electron chi connectivity index (χ1n) is 10.3. The van der Waals surface area contributed by atoms with Gasteiger partial charge < -0.3 is 10.2 Å². The van der Waals surface area contributed by atoms with Crippen LogP contribution in [-0.4, -0.2) is 35.3 Å². The lowest BCUT2D eigenvalue weighted by Crippen LogP contribution is -2.43. The van der Waals surface area contributed by atoms with E-state index in [2.05, 4.69) is 37.9 Å². The van der Waals surface area contributed by atoms with E-state index in [0.29, 0.717) is 48.6 Å². The highest BCUT2D eigenvalue weighted by atomic mass is 16.2. The van der Waals surface area contributed by atoms with Gasteiger partial charge in [-0.1, -0.05) is 47.0 Å². The van der Waals surface area contributed by atoms with Crippen molar-refractivity contribution in [2.24, 2.45) is 23.2 Å². The third-order valence-electron chi connectivity index (χ3n) is 6.64. The molecule has 0 aromatic rings. The van der Waals surface area contributed by atoms with Gasteiger partial charge in [-0.25, -0.2) is 0 Å². The average Bonchev–Trinajstić information content (AvgIpc) is 2.97. The summed E-state index contributed by atoms with van der Waals surface area (Å²) < 4.78 is 0. The third-order valence-corrected chi connectivity index (χ3v) is 6.64. The molecule has 0 unspecified atom stereocenters. The van der Waals surface area contributed by atoms with E-state index in [0.717, 1.165) is 13.0 Å². The van der Waals surface area contributed by atoms with Crippen LogP contribution in [0.25, 0.3) is 0 Å². The average molecular weight is 349 g/mol. The maximum Gasteiger partial charge on any atom is 0.223 e. The molecule has 4 atom stereocenters. The fourth-order valence-corrected chi connectivity index (χ4v) is 5.50. The van der Waals surface area contributed by atoms with Crippen LogP contribution >= 0.6 is 0 Å². The van der Waals surface area contributed by atoms with Crippen LogP contribution in [-0.2, 0) is 9.59 Å². The second kappa shape index (κ2) is 7.28. The van der Waals surface area contributed by atoms with Crippen molar-refractivity contribution in [2.45, 2.75) is 91.1 Å². The topological polar surface area (TPSA) is 49.4 Å². The van der Waals surface area contributed by atoms with E-state index in [4.69, 9.17) is 0 Å². The molecule has 3 aliphatic rings. The quantitative estimate of drug-likeness (QED) is 0.841. The van der Waals surface area contributed by atoms with E-state index in [1.165, 1.54) is 32.1 Å². The van der Waals surface area contributed by atoms with Gasteiger partial charge >= 0.3 is 0 Å². The molecule has 0 radical (unpaired) electrons. The summed E-state index contributed by atoms with van der Waals surface area (Å²) in [6.07, 6.45) is 8.63. The van der Waals surface area contributed by atoms with Gasteiger partial charge in [0.25, 0.3) is 0 Å². The SMILES string of the molecule is C[C@H]1C[C@@H]2[C@@H](CC(=O)N2C2CCCCC2)[C@@H]1CNC(=O)CC(C)(C)C. The molecule has 4 nitrogen and oxygen atoms in total. The van der Waals surface area contributed by atoms with E-state index in [1.54, 1.807) is 0 Å². The number of nitrogens with one attached hydrogen (secondary N) is 1. The summed E-state index contributed by atoms with van der Waals surface area (Å²) in [5.41, 5.74) is 0.0228. The molecule has 0 bridgehead atoms. The number of hydrogen-bond donors (Lipinski definition) is 1. The first-order chi connectivity index (χ1) is 11.8. The van der Waals surface area contributed by atoms with Crippen molar-refractivity contribution in [3.05, 3.63) is 0 Å². The van der Waals surface area contributed by atoms with Crippen LogP contribution in [0.3, 0.4) is 0 Å². The predicted molar refractivity (Wildman–Crippen MR) is 100.0 cm³/mol. The monoisotopic (exact) mass is 348 g/mol. The van der Waals surface area contributed by atoms with Crippen LogP contribution in [0.2, 0.25) is 0 Å². The standard InChI is InChI=1S/C21H36N2O2/c1-14-10-18-16(17(14)13-22-19(24)12-21(2,3)4)11-20(25)23(18)15-8-6-5-7-9-15/h14-18H,5-13H2,1-4H3,(H,22,24)/t14-,16-,17+,18+/m0/s1. The fraction of sp³-hybridized carbons (Fsp3) is 0.905. The van der Waals surface area contributed by atoms with Gasteiger partial charge in [0.1, 0.15) is 0 Å². The molecule has 3 rings (SSSR count). The number of fused-ring (bicyclic) bond motifs is 1. The van der Waals surface area contributed by atoms with Crippen molar-refractivity contribution >= 4 is 11.8 Å². The molecule has 4 heteroatoms. The minimum absolute atomic E-state index is 0.0228. The number of carbonyl (C=O) groups excluding carboxylic acids is 2. The minimum atomic E-state index is 0.0228. The van der Waals surface area contributed by atoms with Crippen molar-refractivity contribution in [1.29, 1.82) is 0 Å². The first kappa shape index (κ1) is 18.7. The largest absolute Gasteiger partial charge is 0.356 e. The molecule has 1 saturated heterocycles. The number of carbonyl (C=O) groups is 2. The molecule has 0 spiro atoms. The van der Waals surface area contributed by atoms with Crippen molar-refractivity contribution in [3.63, 3.8) is 0 Å². The lowest BCUT2D eigenvalue weighted by molar-refractivity contribution is -0.132. The Labute approximate surface area is 153 Å². The second-order valence-electron chi connectivity index (χ2n) is 9.95. The fourth-order valence-electron chi connectivity index (χ4n) is 5.50. The second-order valence-corrected chi connectivity index (χ2v) is 9.95. The lowest BCUT2D eigenvalue weighted by atomic mass is 9.88. The number of hydrogen-bond acceptors (Lipinski definition) is 2. The zero-order valence-electron chi connectivity index (χ0n) is 16.5. The Morgan fingerprint density at radius 1 is 1.20 bits per heavy atom. The molecular formula is C21H36N2O2. The summed E-state index contributed by atoms with van der Waals surface area (Å²) in [4.78, 5) is 27.2. The number of rotatable bonds is 4. The van der Waals surface area contributed by atoms with Gasteiger partial charge in [-0.3, -0.25) is 9.59 Å². The van der Waals surface area contributed by atoms with Crippen LogP contribution in [0.15, 0.2) is 0 Å². The van der Waals surface area contributed by atoms with Gasteiger partial charge in [0.2, 0.25) is 11.8 Å². The smallest absolute Gasteiger partial charge is 0.223 e. The highest BCUT2D eigenvalue weighted by Gasteiger charge is 2.52. The van der Waals surface area contributed by atoms with Crippen LogP contribution in [0.4, 0.5) is 0 Å². The maximum atomic E-state index is 12.7. The Bertz CT molecular complexity index is 505. The summed E-state index contributed by atoms with van der Waals surface area (Å²) in [5, 5.41) is 3.16. The Morgan fingerprint density at radius 2 is 1.88 bits per heavy atom. The zero-order valence-corrected chi connectivity index (χ0v) is 16.5. The van der Waals surface area contributed by atoms with Crippen LogP contribution < -0.4 is 5.32 Å². The molecule has 3 fully saturated rings. The van der Waals surface area contributed by atoms with E-state index >= 15 is 0 Å². The van der Waals surface area contributed by atoms with Gasteiger partial charge in [-0.15, -0.1) is 0 Å². The highest BCUT2D eigenvalue weighted by Crippen LogP contribution is 2.47. The molecule has 25 heavy (non-hydrogen) atoms. The molecular weight excluding hydrogens is 312 g/mol. The molecule has 0 aromatic carbocycles. The van der Waals surface area contributed by atoms with Crippen molar-refractivity contribution in [3.8, 4) is 0 Å². The van der Waals surface area contributed by atoms with Crippen molar-refractivity contribution in [1.82, 2.24) is 10.2 Å². The zero-order chi connectivity index (χ0) is 18.2. The molecule has 2 saturated carbocycles. The lowest BCUT2D eigenvalue weighted by Gasteiger charge is -2.35. The first-order valence-corrected chi connectivity index (χ1v) is 10.3. The third kappa shape index (κ3) is 4.20. The summed E-state index contributed by atoms with van der Waals surface area (Å²) in [5.74, 6) is 2.01. The molecule has 142 valence electrons. The van der Waals surface area contributed by atoms with Gasteiger partial charge in [-0.2, -0.15) is 0 Å². The number of amides is 2. The number of likely N-dealkylation sites (tertiary alicyclic amines) is 1. The van der Waals surface area contributed by atoms with E-state index in [1.807, 2.05) is 0 Å².